The van der Waals surface area contributed by atoms with Gasteiger partial charge >= 0.3 is 5.97 Å². The maximum absolute atomic E-state index is 14.4. The van der Waals surface area contributed by atoms with Crippen molar-refractivity contribution < 1.29 is 23.9 Å². The minimum Gasteiger partial charge on any atom is -0.464 e. The molecule has 320 valence electrons. The molecule has 7 unspecified atom stereocenters. The highest BCUT2D eigenvalue weighted by molar-refractivity contribution is 7.10. The standard InChI is InChI=1S/C46H60N8O5S/c1-9-53-37-11-10-28-16-32(37)34(42(53)33-18-30(21-47-40(33)27(4)58-8)52-14-12-51(7)13-15-52)20-46(5,6)24-59-45(57)41-31-17-29(31)22-54(50-41)44(56)35(19-38-48-36(28)23-60-38)49-43(55)39-25(2)26(39)3/h10-11,16,18,21,23,25-27,29,31,35,39,41,50H,9,12-15,17,19-20,22,24H2,1-8H3,(H,49,55). The van der Waals surface area contributed by atoms with Crippen molar-refractivity contribution in [1.82, 2.24) is 35.2 Å². The predicted octanol–water partition coefficient (Wildman–Crippen LogP) is 5.71. The van der Waals surface area contributed by atoms with E-state index < -0.39 is 17.5 Å². The number of likely N-dealkylation sites (N-methyl/N-ethyl adjacent to an activating group) is 1. The second-order valence-electron chi connectivity index (χ2n) is 18.9. The molecule has 3 aromatic heterocycles. The van der Waals surface area contributed by atoms with Gasteiger partial charge < -0.3 is 29.2 Å². The number of nitrogens with one attached hydrogen (secondary N) is 2. The summed E-state index contributed by atoms with van der Waals surface area (Å²) in [4.78, 5) is 57.0. The van der Waals surface area contributed by atoms with Crippen molar-refractivity contribution in [2.75, 3.05) is 58.4 Å². The minimum absolute atomic E-state index is 0.103. The Bertz CT molecular complexity index is 2310. The fourth-order valence-corrected chi connectivity index (χ4v) is 10.8. The smallest absolute Gasteiger partial charge is 0.325 e. The van der Waals surface area contributed by atoms with Crippen molar-refractivity contribution in [2.45, 2.75) is 85.5 Å². The number of aromatic nitrogens is 3. The van der Waals surface area contributed by atoms with Crippen LogP contribution in [0.2, 0.25) is 0 Å². The Labute approximate surface area is 357 Å². The number of ether oxygens (including phenoxy) is 2. The lowest BCUT2D eigenvalue weighted by atomic mass is 9.84. The van der Waals surface area contributed by atoms with Gasteiger partial charge in [-0.15, -0.1) is 11.3 Å². The molecule has 5 aliphatic rings. The van der Waals surface area contributed by atoms with Crippen LogP contribution in [0.15, 0.2) is 35.8 Å². The first kappa shape index (κ1) is 41.0. The number of methoxy groups -OCH3 is 1. The molecule has 1 aromatic carbocycles. The molecule has 14 heteroatoms. The molecule has 2 aliphatic carbocycles. The van der Waals surface area contributed by atoms with E-state index in [-0.39, 0.29) is 66.5 Å². The molecule has 4 fully saturated rings. The molecule has 9 rings (SSSR count). The lowest BCUT2D eigenvalue weighted by molar-refractivity contribution is -0.156. The Hall–Kier alpha value is -4.37. The van der Waals surface area contributed by atoms with Crippen LogP contribution in [0, 0.1) is 35.0 Å². The number of hydrazine groups is 1. The van der Waals surface area contributed by atoms with Gasteiger partial charge in [0.05, 0.1) is 46.7 Å². The van der Waals surface area contributed by atoms with Crippen LogP contribution in [0.5, 0.6) is 0 Å². The normalized spacial score (nSPS) is 28.5. The van der Waals surface area contributed by atoms with Crippen LogP contribution in [-0.2, 0) is 43.2 Å². The quantitative estimate of drug-likeness (QED) is 0.223. The second-order valence-corrected chi connectivity index (χ2v) is 19.8. The first-order valence-electron chi connectivity index (χ1n) is 21.9. The number of piperazine rings is 1. The molecule has 6 bridgehead atoms. The van der Waals surface area contributed by atoms with E-state index in [1.54, 1.807) is 12.1 Å². The second kappa shape index (κ2) is 15.8. The van der Waals surface area contributed by atoms with E-state index in [9.17, 15) is 14.4 Å². The molecule has 0 spiro atoms. The zero-order valence-corrected chi connectivity index (χ0v) is 37.1. The number of fused-ring (bicyclic) bond motifs is 8. The van der Waals surface area contributed by atoms with E-state index in [1.807, 2.05) is 6.20 Å². The highest BCUT2D eigenvalue weighted by Gasteiger charge is 2.54. The van der Waals surface area contributed by atoms with Crippen LogP contribution in [0.4, 0.5) is 5.69 Å². The van der Waals surface area contributed by atoms with Gasteiger partial charge in [0.25, 0.3) is 5.91 Å². The highest BCUT2D eigenvalue weighted by atomic mass is 32.1. The van der Waals surface area contributed by atoms with Crippen molar-refractivity contribution in [1.29, 1.82) is 0 Å². The van der Waals surface area contributed by atoms with Crippen molar-refractivity contribution in [2.24, 2.45) is 35.0 Å². The Kier molecular flexibility index (Phi) is 10.8. The summed E-state index contributed by atoms with van der Waals surface area (Å²) in [7, 11) is 3.90. The SMILES string of the molecule is CCn1c(-c2cc(N3CCN(C)CC3)cnc2C(C)OC)c2c3cc(ccc31)-c1csc(n1)CC(NC(=O)C1C(C)C1C)C(=O)N1CC3CC3C(N1)C(=O)OCC(C)(C)C2. The van der Waals surface area contributed by atoms with Crippen LogP contribution in [-0.4, -0.2) is 108 Å². The van der Waals surface area contributed by atoms with E-state index in [2.05, 4.69) is 103 Å². The fraction of sp³-hybridized carbons (Fsp3) is 0.587. The number of pyridine rings is 1. The van der Waals surface area contributed by atoms with Crippen LogP contribution >= 0.6 is 11.3 Å². The monoisotopic (exact) mass is 836 g/mol. The van der Waals surface area contributed by atoms with E-state index in [1.165, 1.54) is 11.3 Å². The zero-order chi connectivity index (χ0) is 42.2. The Morgan fingerprint density at radius 3 is 2.62 bits per heavy atom. The van der Waals surface area contributed by atoms with Gasteiger partial charge in [0.2, 0.25) is 5.91 Å². The van der Waals surface area contributed by atoms with E-state index in [4.69, 9.17) is 19.4 Å². The molecule has 3 aliphatic heterocycles. The number of amides is 2. The summed E-state index contributed by atoms with van der Waals surface area (Å²) >= 11 is 1.50. The number of hydrogen-bond acceptors (Lipinski definition) is 11. The number of cyclic esters (lactones) is 1. The van der Waals surface area contributed by atoms with Gasteiger partial charge in [0.15, 0.2) is 0 Å². The summed E-state index contributed by atoms with van der Waals surface area (Å²) in [6.45, 7) is 17.9. The molecule has 2 saturated carbocycles. The Morgan fingerprint density at radius 2 is 1.90 bits per heavy atom. The van der Waals surface area contributed by atoms with Crippen LogP contribution in [0.25, 0.3) is 33.4 Å². The number of hydrogen-bond donors (Lipinski definition) is 2. The minimum atomic E-state index is -0.831. The van der Waals surface area contributed by atoms with Gasteiger partial charge in [0.1, 0.15) is 12.1 Å². The fourth-order valence-electron chi connectivity index (χ4n) is 9.94. The molecule has 2 N–H and O–H groups in total. The van der Waals surface area contributed by atoms with Crippen molar-refractivity contribution in [3.63, 3.8) is 0 Å². The number of rotatable bonds is 7. The molecular formula is C46H60N8O5S. The van der Waals surface area contributed by atoms with E-state index >= 15 is 0 Å². The average Bonchev–Trinajstić information content (AvgIpc) is 4.04. The van der Waals surface area contributed by atoms with Crippen molar-refractivity contribution in [3.05, 3.63) is 52.1 Å². The largest absolute Gasteiger partial charge is 0.464 e. The van der Waals surface area contributed by atoms with E-state index in [0.717, 1.165) is 94.5 Å². The number of aryl methyl sites for hydroxylation is 1. The van der Waals surface area contributed by atoms with Gasteiger partial charge in [-0.1, -0.05) is 33.8 Å². The lowest BCUT2D eigenvalue weighted by Crippen LogP contribution is -2.61. The number of anilines is 1. The third-order valence-electron chi connectivity index (χ3n) is 14.1. The molecule has 7 atom stereocenters. The number of nitrogens with zero attached hydrogens (tertiary/aromatic N) is 6. The first-order valence-corrected chi connectivity index (χ1v) is 22.7. The summed E-state index contributed by atoms with van der Waals surface area (Å²) in [5, 5.41) is 8.61. The molecule has 60 heavy (non-hydrogen) atoms. The van der Waals surface area contributed by atoms with Gasteiger partial charge in [-0.25, -0.2) is 10.4 Å². The number of thiazole rings is 1. The first-order chi connectivity index (χ1) is 28.7. The number of carbonyl (C=O) groups is 3. The number of esters is 1. The molecule has 2 amide bonds. The van der Waals surface area contributed by atoms with Crippen molar-refractivity contribution in [3.8, 4) is 22.5 Å². The topological polar surface area (TPSA) is 134 Å². The molecule has 4 aromatic rings. The summed E-state index contributed by atoms with van der Waals surface area (Å²) in [5.74, 6) is 0.0173. The van der Waals surface area contributed by atoms with Crippen LogP contribution < -0.4 is 15.6 Å². The summed E-state index contributed by atoms with van der Waals surface area (Å²) in [5.41, 5.74) is 11.0. The highest BCUT2D eigenvalue weighted by Crippen LogP contribution is 2.47. The lowest BCUT2D eigenvalue weighted by Gasteiger charge is -2.35. The van der Waals surface area contributed by atoms with Gasteiger partial charge in [0, 0.05) is 91.5 Å². The average molecular weight is 837 g/mol. The molecule has 6 heterocycles. The van der Waals surface area contributed by atoms with Gasteiger partial charge in [-0.2, -0.15) is 0 Å². The molecule has 13 nitrogen and oxygen atoms in total. The van der Waals surface area contributed by atoms with Crippen LogP contribution in [0.1, 0.15) is 70.3 Å². The van der Waals surface area contributed by atoms with Crippen molar-refractivity contribution >= 4 is 45.7 Å². The Morgan fingerprint density at radius 1 is 1.13 bits per heavy atom. The zero-order valence-electron chi connectivity index (χ0n) is 36.3. The third kappa shape index (κ3) is 7.62. The number of carbonyl (C=O) groups excluding carboxylic acids is 3. The van der Waals surface area contributed by atoms with Crippen LogP contribution in [0.3, 0.4) is 0 Å². The maximum Gasteiger partial charge on any atom is 0.325 e. The molecule has 0 radical (unpaired) electrons. The summed E-state index contributed by atoms with van der Waals surface area (Å²) in [6.07, 6.45) is 3.46. The molecular weight excluding hydrogens is 777 g/mol. The van der Waals surface area contributed by atoms with Gasteiger partial charge in [-0.3, -0.25) is 24.4 Å². The third-order valence-corrected chi connectivity index (χ3v) is 15.0. The van der Waals surface area contributed by atoms with E-state index in [0.29, 0.717) is 13.0 Å². The predicted molar refractivity (Wildman–Crippen MR) is 233 cm³/mol. The Balaban J connectivity index is 1.17. The molecule has 2 saturated heterocycles. The van der Waals surface area contributed by atoms with Gasteiger partial charge in [-0.05, 0) is 81.2 Å². The maximum atomic E-state index is 14.4. The summed E-state index contributed by atoms with van der Waals surface area (Å²) < 4.78 is 14.6. The number of benzene rings is 1. The summed E-state index contributed by atoms with van der Waals surface area (Å²) in [6, 6.07) is 7.40.